The van der Waals surface area contributed by atoms with Gasteiger partial charge >= 0.3 is 0 Å². The second-order valence-corrected chi connectivity index (χ2v) is 4.53. The zero-order valence-corrected chi connectivity index (χ0v) is 10.6. The Morgan fingerprint density at radius 1 is 1.00 bits per heavy atom. The normalized spacial score (nSPS) is 11.0. The number of fused-ring (bicyclic) bond motifs is 1. The van der Waals surface area contributed by atoms with E-state index in [1.54, 1.807) is 0 Å². The Morgan fingerprint density at radius 3 is 2.53 bits per heavy atom. The van der Waals surface area contributed by atoms with Crippen molar-refractivity contribution < 1.29 is 0 Å². The summed E-state index contributed by atoms with van der Waals surface area (Å²) in [5.74, 6) is 0.528. The monoisotopic (exact) mass is 252 g/mol. The van der Waals surface area contributed by atoms with Crippen LogP contribution in [0.2, 0.25) is 0 Å². The molecule has 96 valence electrons. The van der Waals surface area contributed by atoms with Crippen LogP contribution < -0.4 is 11.5 Å². The maximum atomic E-state index is 6.04. The Bertz CT molecular complexity index is 701. The zero-order valence-electron chi connectivity index (χ0n) is 10.6. The molecule has 2 aromatic carbocycles. The van der Waals surface area contributed by atoms with Crippen LogP contribution >= 0.6 is 0 Å². The van der Waals surface area contributed by atoms with E-state index in [-0.39, 0.29) is 0 Å². The van der Waals surface area contributed by atoms with Gasteiger partial charge in [0.15, 0.2) is 0 Å². The molecule has 4 nitrogen and oxygen atoms in total. The van der Waals surface area contributed by atoms with Crippen LogP contribution in [0.3, 0.4) is 0 Å². The SMILES string of the molecule is NCc1cccc2c1nc(N)n2Cc1ccccc1. The summed E-state index contributed by atoms with van der Waals surface area (Å²) in [7, 11) is 0. The second kappa shape index (κ2) is 4.74. The summed E-state index contributed by atoms with van der Waals surface area (Å²) >= 11 is 0. The maximum Gasteiger partial charge on any atom is 0.201 e. The topological polar surface area (TPSA) is 69.9 Å². The maximum absolute atomic E-state index is 6.04. The standard InChI is InChI=1S/C15H16N4/c16-9-12-7-4-8-13-14(12)18-15(17)19(13)10-11-5-2-1-3-6-11/h1-8H,9-10,16H2,(H2,17,18). The predicted molar refractivity (Wildman–Crippen MR) is 77.6 cm³/mol. The van der Waals surface area contributed by atoms with Crippen molar-refractivity contribution in [2.45, 2.75) is 13.1 Å². The molecule has 1 aromatic heterocycles. The highest BCUT2D eigenvalue weighted by Crippen LogP contribution is 2.22. The van der Waals surface area contributed by atoms with Crippen LogP contribution in [0.15, 0.2) is 48.5 Å². The molecule has 0 spiro atoms. The number of nitrogens with two attached hydrogens (primary N) is 2. The molecular formula is C15H16N4. The van der Waals surface area contributed by atoms with Gasteiger partial charge in [-0.25, -0.2) is 4.98 Å². The van der Waals surface area contributed by atoms with Crippen molar-refractivity contribution in [2.24, 2.45) is 5.73 Å². The number of nitrogen functional groups attached to an aromatic ring is 1. The first-order valence-corrected chi connectivity index (χ1v) is 6.27. The van der Waals surface area contributed by atoms with Crippen LogP contribution in [-0.2, 0) is 13.1 Å². The number of nitrogens with zero attached hydrogens (tertiary/aromatic N) is 2. The van der Waals surface area contributed by atoms with Crippen molar-refractivity contribution in [1.82, 2.24) is 9.55 Å². The van der Waals surface area contributed by atoms with Crippen molar-refractivity contribution in [2.75, 3.05) is 5.73 Å². The molecule has 0 saturated carbocycles. The summed E-state index contributed by atoms with van der Waals surface area (Å²) in [5, 5.41) is 0. The van der Waals surface area contributed by atoms with E-state index in [0.29, 0.717) is 12.5 Å². The largest absolute Gasteiger partial charge is 0.369 e. The van der Waals surface area contributed by atoms with Gasteiger partial charge in [-0.2, -0.15) is 0 Å². The van der Waals surface area contributed by atoms with E-state index < -0.39 is 0 Å². The third-order valence-electron chi connectivity index (χ3n) is 3.30. The third kappa shape index (κ3) is 2.06. The molecule has 3 rings (SSSR count). The quantitative estimate of drug-likeness (QED) is 0.750. The van der Waals surface area contributed by atoms with Crippen LogP contribution in [0.5, 0.6) is 0 Å². The number of benzene rings is 2. The molecule has 0 amide bonds. The number of anilines is 1. The zero-order chi connectivity index (χ0) is 13.2. The molecule has 0 unspecified atom stereocenters. The molecule has 0 fully saturated rings. The smallest absolute Gasteiger partial charge is 0.201 e. The summed E-state index contributed by atoms with van der Waals surface area (Å²) in [6.07, 6.45) is 0. The van der Waals surface area contributed by atoms with Gasteiger partial charge in [0.1, 0.15) is 0 Å². The van der Waals surface area contributed by atoms with Crippen LogP contribution in [-0.4, -0.2) is 9.55 Å². The fourth-order valence-corrected chi connectivity index (χ4v) is 2.32. The second-order valence-electron chi connectivity index (χ2n) is 4.53. The first-order valence-electron chi connectivity index (χ1n) is 6.27. The molecule has 3 aromatic rings. The van der Waals surface area contributed by atoms with Crippen molar-refractivity contribution >= 4 is 17.0 Å². The van der Waals surface area contributed by atoms with Crippen molar-refractivity contribution in [3.05, 3.63) is 59.7 Å². The molecule has 0 radical (unpaired) electrons. The third-order valence-corrected chi connectivity index (χ3v) is 3.30. The number of hydrogen-bond acceptors (Lipinski definition) is 3. The van der Waals surface area contributed by atoms with Gasteiger partial charge in [0.25, 0.3) is 0 Å². The summed E-state index contributed by atoms with van der Waals surface area (Å²) in [6, 6.07) is 16.2. The first-order chi connectivity index (χ1) is 9.29. The van der Waals surface area contributed by atoms with E-state index in [0.717, 1.165) is 23.1 Å². The average molecular weight is 252 g/mol. The lowest BCUT2D eigenvalue weighted by atomic mass is 10.2. The van der Waals surface area contributed by atoms with Gasteiger partial charge < -0.3 is 16.0 Å². The van der Waals surface area contributed by atoms with E-state index in [1.165, 1.54) is 5.56 Å². The highest BCUT2D eigenvalue weighted by atomic mass is 15.1. The lowest BCUT2D eigenvalue weighted by Gasteiger charge is -2.06. The number of imidazole rings is 1. The number of hydrogen-bond donors (Lipinski definition) is 2. The molecule has 0 saturated heterocycles. The minimum absolute atomic E-state index is 0.471. The number of rotatable bonds is 3. The molecule has 19 heavy (non-hydrogen) atoms. The molecule has 4 heteroatoms. The van der Waals surface area contributed by atoms with Gasteiger partial charge in [-0.1, -0.05) is 42.5 Å². The first kappa shape index (κ1) is 11.7. The molecule has 0 aliphatic heterocycles. The van der Waals surface area contributed by atoms with E-state index in [9.17, 15) is 0 Å². The molecule has 0 atom stereocenters. The number of aromatic nitrogens is 2. The highest BCUT2D eigenvalue weighted by molar-refractivity contribution is 5.81. The molecule has 0 aliphatic carbocycles. The van der Waals surface area contributed by atoms with Crippen LogP contribution in [0.4, 0.5) is 5.95 Å². The molecule has 4 N–H and O–H groups in total. The fraction of sp³-hybridized carbons (Fsp3) is 0.133. The average Bonchev–Trinajstić information content (AvgIpc) is 2.76. The van der Waals surface area contributed by atoms with Crippen molar-refractivity contribution in [3.63, 3.8) is 0 Å². The molecular weight excluding hydrogens is 236 g/mol. The van der Waals surface area contributed by atoms with Crippen LogP contribution in [0.1, 0.15) is 11.1 Å². The van der Waals surface area contributed by atoms with Gasteiger partial charge in [-0.05, 0) is 17.2 Å². The van der Waals surface area contributed by atoms with Crippen molar-refractivity contribution in [1.29, 1.82) is 0 Å². The van der Waals surface area contributed by atoms with E-state index in [1.807, 2.05) is 41.0 Å². The minimum atomic E-state index is 0.471. The van der Waals surface area contributed by atoms with Gasteiger partial charge in [0, 0.05) is 6.54 Å². The van der Waals surface area contributed by atoms with E-state index in [2.05, 4.69) is 17.1 Å². The van der Waals surface area contributed by atoms with Gasteiger partial charge in [-0.15, -0.1) is 0 Å². The number of para-hydroxylation sites is 1. The minimum Gasteiger partial charge on any atom is -0.369 e. The summed E-state index contributed by atoms with van der Waals surface area (Å²) in [6.45, 7) is 1.19. The van der Waals surface area contributed by atoms with E-state index >= 15 is 0 Å². The Hall–Kier alpha value is -2.33. The van der Waals surface area contributed by atoms with Gasteiger partial charge in [0.2, 0.25) is 5.95 Å². The highest BCUT2D eigenvalue weighted by Gasteiger charge is 2.10. The fourth-order valence-electron chi connectivity index (χ4n) is 2.32. The van der Waals surface area contributed by atoms with Crippen LogP contribution in [0, 0.1) is 0 Å². The Kier molecular flexibility index (Phi) is 2.93. The predicted octanol–water partition coefficient (Wildman–Crippen LogP) is 2.13. The van der Waals surface area contributed by atoms with Gasteiger partial charge in [-0.3, -0.25) is 0 Å². The lowest BCUT2D eigenvalue weighted by Crippen LogP contribution is -2.04. The summed E-state index contributed by atoms with van der Waals surface area (Å²) in [5.41, 5.74) is 15.9. The van der Waals surface area contributed by atoms with Crippen LogP contribution in [0.25, 0.3) is 11.0 Å². The molecule has 0 bridgehead atoms. The van der Waals surface area contributed by atoms with Gasteiger partial charge in [0.05, 0.1) is 17.6 Å². The molecule has 1 heterocycles. The summed E-state index contributed by atoms with van der Waals surface area (Å²) < 4.78 is 2.02. The summed E-state index contributed by atoms with van der Waals surface area (Å²) in [4.78, 5) is 4.44. The lowest BCUT2D eigenvalue weighted by molar-refractivity contribution is 0.838. The Morgan fingerprint density at radius 2 is 1.79 bits per heavy atom. The Labute approximate surface area is 111 Å². The van der Waals surface area contributed by atoms with Crippen molar-refractivity contribution in [3.8, 4) is 0 Å². The van der Waals surface area contributed by atoms with E-state index in [4.69, 9.17) is 11.5 Å². The molecule has 0 aliphatic rings. The Balaban J connectivity index is 2.11.